The normalized spacial score (nSPS) is 20.3. The van der Waals surface area contributed by atoms with Crippen molar-refractivity contribution in [3.05, 3.63) is 60.2 Å². The molecule has 0 spiro atoms. The number of halogens is 1. The Bertz CT molecular complexity index is 1560. The van der Waals surface area contributed by atoms with Crippen molar-refractivity contribution in [3.63, 3.8) is 0 Å². The summed E-state index contributed by atoms with van der Waals surface area (Å²) in [6.07, 6.45) is 5.64. The number of aromatic nitrogens is 4. The first-order chi connectivity index (χ1) is 19.9. The highest BCUT2D eigenvalue weighted by atomic mass is 19.1. The summed E-state index contributed by atoms with van der Waals surface area (Å²) in [5, 5.41) is 10.9. The molecule has 2 aliphatic rings. The predicted molar refractivity (Wildman–Crippen MR) is 159 cm³/mol. The number of hydrogen-bond donors (Lipinski definition) is 3. The van der Waals surface area contributed by atoms with E-state index < -0.39 is 11.8 Å². The number of aryl methyl sites for hydroxylation is 1. The first-order valence-electron chi connectivity index (χ1n) is 14.2. The summed E-state index contributed by atoms with van der Waals surface area (Å²) in [5.41, 5.74) is 9.76. The number of nitrogens with zero attached hydrogens (tertiary/aromatic N) is 6. The van der Waals surface area contributed by atoms with Gasteiger partial charge in [-0.2, -0.15) is 5.10 Å². The van der Waals surface area contributed by atoms with E-state index >= 15 is 4.39 Å². The van der Waals surface area contributed by atoms with Crippen molar-refractivity contribution in [2.45, 2.75) is 44.7 Å². The molecule has 2 aromatic carbocycles. The number of carbonyl (C=O) groups is 1. The van der Waals surface area contributed by atoms with E-state index in [9.17, 15) is 4.79 Å². The summed E-state index contributed by atoms with van der Waals surface area (Å²) in [7, 11) is 2.18. The van der Waals surface area contributed by atoms with Crippen LogP contribution in [0.15, 0.2) is 48.8 Å². The summed E-state index contributed by atoms with van der Waals surface area (Å²) in [6, 6.07) is 12.3. The van der Waals surface area contributed by atoms with Crippen molar-refractivity contribution >= 4 is 34.3 Å². The molecule has 4 aromatic rings. The van der Waals surface area contributed by atoms with Crippen molar-refractivity contribution in [1.29, 1.82) is 0 Å². The number of nitrogen functional groups attached to an aromatic ring is 1. The lowest BCUT2D eigenvalue weighted by molar-refractivity contribution is 0.0815. The first kappa shape index (κ1) is 27.1. The zero-order chi connectivity index (χ0) is 28.5. The van der Waals surface area contributed by atoms with Crippen LogP contribution in [0.2, 0.25) is 0 Å². The second-order valence-corrected chi connectivity index (χ2v) is 11.2. The number of fused-ring (bicyclic) bond motifs is 1. The maximum absolute atomic E-state index is 15.3. The largest absolute Gasteiger partial charge is 0.383 e. The third-order valence-corrected chi connectivity index (χ3v) is 8.35. The van der Waals surface area contributed by atoms with Gasteiger partial charge in [-0.1, -0.05) is 18.2 Å². The van der Waals surface area contributed by atoms with Crippen LogP contribution in [0, 0.1) is 12.7 Å². The lowest BCUT2D eigenvalue weighted by Gasteiger charge is -2.41. The maximum Gasteiger partial charge on any atom is 0.323 e. The summed E-state index contributed by atoms with van der Waals surface area (Å²) < 4.78 is 17.2. The standard InChI is InChI=1S/C30H36FN9O/c1-19-4-3-5-21(16-19)35-30(41)36-25-11-6-20(17-24(25)31)27-26-28(32)33-18-34-29(26)40(37-27)23-9-7-22(8-10-23)39-14-12-38(2)13-15-39/h3-6,11,16-18,22-23H,7-10,12-15H2,1-2H3,(H2,32,33,34)(H2,35,36,41)/t22-,23+. The van der Waals surface area contributed by atoms with Gasteiger partial charge in [-0.05, 0) is 69.5 Å². The number of piperazine rings is 1. The Balaban J connectivity index is 1.21. The van der Waals surface area contributed by atoms with Gasteiger partial charge < -0.3 is 21.3 Å². The number of urea groups is 1. The van der Waals surface area contributed by atoms with Crippen LogP contribution in [0.1, 0.15) is 37.3 Å². The van der Waals surface area contributed by atoms with E-state index in [0.29, 0.717) is 39.8 Å². The highest BCUT2D eigenvalue weighted by Gasteiger charge is 2.30. The van der Waals surface area contributed by atoms with E-state index in [1.807, 2.05) is 29.8 Å². The molecule has 10 nitrogen and oxygen atoms in total. The summed E-state index contributed by atoms with van der Waals surface area (Å²) in [6.45, 7) is 6.41. The Labute approximate surface area is 238 Å². The van der Waals surface area contributed by atoms with Crippen LogP contribution in [0.25, 0.3) is 22.3 Å². The van der Waals surface area contributed by atoms with Crippen molar-refractivity contribution in [2.75, 3.05) is 49.6 Å². The molecule has 1 saturated heterocycles. The van der Waals surface area contributed by atoms with Crippen LogP contribution >= 0.6 is 0 Å². The molecule has 214 valence electrons. The average Bonchev–Trinajstić information content (AvgIpc) is 3.36. The lowest BCUT2D eigenvalue weighted by atomic mass is 9.90. The Morgan fingerprint density at radius 1 is 0.976 bits per heavy atom. The van der Waals surface area contributed by atoms with E-state index in [1.54, 1.807) is 12.1 Å². The summed E-state index contributed by atoms with van der Waals surface area (Å²) >= 11 is 0. The van der Waals surface area contributed by atoms with Crippen molar-refractivity contribution in [1.82, 2.24) is 29.5 Å². The van der Waals surface area contributed by atoms with Crippen molar-refractivity contribution in [3.8, 4) is 11.3 Å². The van der Waals surface area contributed by atoms with E-state index in [4.69, 9.17) is 10.8 Å². The SMILES string of the molecule is Cc1cccc(NC(=O)Nc2ccc(-c3nn([C@H]4CC[C@@H](N5CCN(C)CC5)CC4)c4ncnc(N)c34)cc2F)c1. The van der Waals surface area contributed by atoms with Gasteiger partial charge in [0.1, 0.15) is 23.7 Å². The molecule has 3 heterocycles. The molecule has 2 amide bonds. The van der Waals surface area contributed by atoms with Crippen LogP contribution in [-0.2, 0) is 0 Å². The number of rotatable bonds is 5. The lowest BCUT2D eigenvalue weighted by Crippen LogP contribution is -2.49. The molecule has 4 N–H and O–H groups in total. The second kappa shape index (κ2) is 11.4. The fraction of sp³-hybridized carbons (Fsp3) is 0.400. The van der Waals surface area contributed by atoms with Crippen LogP contribution in [0.3, 0.4) is 0 Å². The Kier molecular flexibility index (Phi) is 7.55. The van der Waals surface area contributed by atoms with E-state index in [2.05, 4.69) is 37.4 Å². The molecule has 1 aliphatic carbocycles. The predicted octanol–water partition coefficient (Wildman–Crippen LogP) is 4.90. The smallest absolute Gasteiger partial charge is 0.323 e. The Morgan fingerprint density at radius 2 is 1.73 bits per heavy atom. The zero-order valence-electron chi connectivity index (χ0n) is 23.5. The van der Waals surface area contributed by atoms with E-state index in [0.717, 1.165) is 57.4 Å². The van der Waals surface area contributed by atoms with Crippen LogP contribution in [-0.4, -0.2) is 74.8 Å². The molecular weight excluding hydrogens is 521 g/mol. The third kappa shape index (κ3) is 5.73. The van der Waals surface area contributed by atoms with Crippen LogP contribution in [0.5, 0.6) is 0 Å². The fourth-order valence-corrected chi connectivity index (χ4v) is 6.08. The quantitative estimate of drug-likeness (QED) is 0.320. The number of anilines is 3. The minimum absolute atomic E-state index is 0.0640. The van der Waals surface area contributed by atoms with E-state index in [-0.39, 0.29) is 11.7 Å². The highest BCUT2D eigenvalue weighted by Crippen LogP contribution is 2.37. The topological polar surface area (TPSA) is 117 Å². The summed E-state index contributed by atoms with van der Waals surface area (Å²) in [4.78, 5) is 26.2. The number of likely N-dealkylation sites (N-methyl/N-ethyl adjacent to an activating group) is 1. The highest BCUT2D eigenvalue weighted by molar-refractivity contribution is 6.01. The molecule has 0 unspecified atom stereocenters. The van der Waals surface area contributed by atoms with Gasteiger partial charge in [-0.15, -0.1) is 0 Å². The molecule has 1 saturated carbocycles. The van der Waals surface area contributed by atoms with Gasteiger partial charge in [-0.3, -0.25) is 4.90 Å². The van der Waals surface area contributed by atoms with Gasteiger partial charge in [0.05, 0.1) is 17.1 Å². The minimum Gasteiger partial charge on any atom is -0.383 e. The van der Waals surface area contributed by atoms with Crippen molar-refractivity contribution < 1.29 is 9.18 Å². The van der Waals surface area contributed by atoms with Gasteiger partial charge in [-0.25, -0.2) is 23.8 Å². The van der Waals surface area contributed by atoms with Crippen molar-refractivity contribution in [2.24, 2.45) is 0 Å². The fourth-order valence-electron chi connectivity index (χ4n) is 6.08. The molecular formula is C30H36FN9O. The monoisotopic (exact) mass is 557 g/mol. The molecule has 0 atom stereocenters. The van der Waals surface area contributed by atoms with Crippen LogP contribution < -0.4 is 16.4 Å². The molecule has 41 heavy (non-hydrogen) atoms. The van der Waals surface area contributed by atoms with Gasteiger partial charge in [0.15, 0.2) is 5.65 Å². The Morgan fingerprint density at radius 3 is 2.46 bits per heavy atom. The van der Waals surface area contributed by atoms with Gasteiger partial charge >= 0.3 is 6.03 Å². The average molecular weight is 558 g/mol. The molecule has 2 aromatic heterocycles. The first-order valence-corrected chi connectivity index (χ1v) is 14.2. The van der Waals surface area contributed by atoms with Gasteiger partial charge in [0.25, 0.3) is 0 Å². The van der Waals surface area contributed by atoms with Gasteiger partial charge in [0.2, 0.25) is 0 Å². The second-order valence-electron chi connectivity index (χ2n) is 11.2. The number of benzene rings is 2. The maximum atomic E-state index is 15.3. The number of hydrogen-bond acceptors (Lipinski definition) is 7. The number of nitrogens with two attached hydrogens (primary N) is 1. The van der Waals surface area contributed by atoms with Crippen LogP contribution in [0.4, 0.5) is 26.4 Å². The number of carbonyl (C=O) groups excluding carboxylic acids is 1. The molecule has 0 bridgehead atoms. The minimum atomic E-state index is -0.576. The molecule has 11 heteroatoms. The molecule has 1 aliphatic heterocycles. The third-order valence-electron chi connectivity index (χ3n) is 8.35. The number of amides is 2. The Hall–Kier alpha value is -4.09. The molecule has 6 rings (SSSR count). The number of nitrogens with one attached hydrogen (secondary N) is 2. The summed E-state index contributed by atoms with van der Waals surface area (Å²) in [5.74, 6) is -0.268. The van der Waals surface area contributed by atoms with E-state index in [1.165, 1.54) is 18.5 Å². The zero-order valence-corrected chi connectivity index (χ0v) is 23.5. The van der Waals surface area contributed by atoms with Gasteiger partial charge in [0, 0.05) is 43.5 Å². The molecule has 2 fully saturated rings. The molecule has 0 radical (unpaired) electrons.